The Hall–Kier alpha value is -2.10. The zero-order chi connectivity index (χ0) is 16.0. The van der Waals surface area contributed by atoms with E-state index in [9.17, 15) is 9.59 Å². The first-order chi connectivity index (χ1) is 10.7. The average molecular weight is 304 g/mol. The summed E-state index contributed by atoms with van der Waals surface area (Å²) in [4.78, 5) is 32.0. The summed E-state index contributed by atoms with van der Waals surface area (Å²) in [5, 5.41) is 0. The number of unbranched alkanes of at least 4 members (excludes halogenated alkanes) is 6. The van der Waals surface area contributed by atoms with E-state index in [1.165, 1.54) is 19.3 Å². The third-order valence-corrected chi connectivity index (χ3v) is 3.26. The number of benzene rings is 1. The normalized spacial score (nSPS) is 10.0. The van der Waals surface area contributed by atoms with Gasteiger partial charge in [0, 0.05) is 0 Å². The van der Waals surface area contributed by atoms with Gasteiger partial charge in [-0.05, 0) is 31.4 Å². The number of allylic oxidation sites excluding steroid dienone is 1. The minimum Gasteiger partial charge on any atom is -0.247 e. The molecule has 0 radical (unpaired) electrons. The van der Waals surface area contributed by atoms with Gasteiger partial charge in [-0.3, -0.25) is 0 Å². The van der Waals surface area contributed by atoms with Crippen LogP contribution in [0.5, 0.6) is 0 Å². The molecular weight excluding hydrogens is 280 g/mol. The fourth-order valence-electron chi connectivity index (χ4n) is 2.01. The molecule has 0 spiro atoms. The van der Waals surface area contributed by atoms with Crippen LogP contribution in [0.3, 0.4) is 0 Å². The SMILES string of the molecule is C=CCCCCCCCCC(=O)OOC(=O)c1ccccc1. The molecule has 0 amide bonds. The number of hydrogen-bond donors (Lipinski definition) is 0. The van der Waals surface area contributed by atoms with Crippen molar-refractivity contribution in [3.63, 3.8) is 0 Å². The number of carbonyl (C=O) groups excluding carboxylic acids is 2. The fourth-order valence-corrected chi connectivity index (χ4v) is 2.01. The van der Waals surface area contributed by atoms with Crippen LogP contribution in [-0.2, 0) is 14.6 Å². The minimum absolute atomic E-state index is 0.273. The van der Waals surface area contributed by atoms with Crippen LogP contribution in [0.4, 0.5) is 0 Å². The van der Waals surface area contributed by atoms with Crippen molar-refractivity contribution in [1.82, 2.24) is 0 Å². The van der Waals surface area contributed by atoms with Crippen LogP contribution >= 0.6 is 0 Å². The van der Waals surface area contributed by atoms with E-state index in [2.05, 4.69) is 16.4 Å². The molecule has 1 aromatic rings. The van der Waals surface area contributed by atoms with Crippen LogP contribution in [0.1, 0.15) is 61.7 Å². The van der Waals surface area contributed by atoms with Crippen LogP contribution in [-0.4, -0.2) is 11.9 Å². The van der Waals surface area contributed by atoms with Crippen molar-refractivity contribution in [2.45, 2.75) is 51.4 Å². The Morgan fingerprint density at radius 2 is 1.55 bits per heavy atom. The molecule has 1 rings (SSSR count). The van der Waals surface area contributed by atoms with E-state index in [0.717, 1.165) is 25.7 Å². The molecule has 22 heavy (non-hydrogen) atoms. The van der Waals surface area contributed by atoms with Crippen molar-refractivity contribution in [2.24, 2.45) is 0 Å². The van der Waals surface area contributed by atoms with Gasteiger partial charge in [0.05, 0.1) is 12.0 Å². The van der Waals surface area contributed by atoms with Crippen molar-refractivity contribution in [1.29, 1.82) is 0 Å². The minimum atomic E-state index is -0.656. The second kappa shape index (κ2) is 11.5. The van der Waals surface area contributed by atoms with Crippen molar-refractivity contribution >= 4 is 11.9 Å². The summed E-state index contributed by atoms with van der Waals surface area (Å²) in [6, 6.07) is 8.42. The number of carbonyl (C=O) groups is 2. The summed E-state index contributed by atoms with van der Waals surface area (Å²) in [6.45, 7) is 3.69. The van der Waals surface area contributed by atoms with Gasteiger partial charge in [0.15, 0.2) is 0 Å². The maximum absolute atomic E-state index is 11.5. The van der Waals surface area contributed by atoms with Crippen molar-refractivity contribution in [2.75, 3.05) is 0 Å². The van der Waals surface area contributed by atoms with E-state index >= 15 is 0 Å². The highest BCUT2D eigenvalue weighted by Gasteiger charge is 2.11. The van der Waals surface area contributed by atoms with Gasteiger partial charge < -0.3 is 0 Å². The Bertz CT molecular complexity index is 453. The van der Waals surface area contributed by atoms with Gasteiger partial charge in [-0.1, -0.05) is 50.0 Å². The van der Waals surface area contributed by atoms with E-state index in [0.29, 0.717) is 5.56 Å². The van der Waals surface area contributed by atoms with Gasteiger partial charge in [0.25, 0.3) is 0 Å². The van der Waals surface area contributed by atoms with Gasteiger partial charge in [-0.15, -0.1) is 6.58 Å². The summed E-state index contributed by atoms with van der Waals surface area (Å²) in [7, 11) is 0. The largest absolute Gasteiger partial charge is 0.386 e. The summed E-state index contributed by atoms with van der Waals surface area (Å²) in [6.07, 6.45) is 9.67. The van der Waals surface area contributed by atoms with Gasteiger partial charge in [0.2, 0.25) is 0 Å². The average Bonchev–Trinajstić information content (AvgIpc) is 2.56. The van der Waals surface area contributed by atoms with Crippen molar-refractivity contribution in [3.8, 4) is 0 Å². The lowest BCUT2D eigenvalue weighted by atomic mass is 10.1. The highest BCUT2D eigenvalue weighted by molar-refractivity contribution is 5.89. The molecule has 0 atom stereocenters. The van der Waals surface area contributed by atoms with Crippen LogP contribution < -0.4 is 0 Å². The zero-order valence-electron chi connectivity index (χ0n) is 13.0. The Balaban J connectivity index is 2.02. The number of rotatable bonds is 10. The molecular formula is C18H24O4. The highest BCUT2D eigenvalue weighted by atomic mass is 17.2. The van der Waals surface area contributed by atoms with E-state index in [1.54, 1.807) is 30.3 Å². The smallest absolute Gasteiger partial charge is 0.247 e. The van der Waals surface area contributed by atoms with E-state index in [4.69, 9.17) is 0 Å². The zero-order valence-corrected chi connectivity index (χ0v) is 13.0. The van der Waals surface area contributed by atoms with Crippen LogP contribution in [0.2, 0.25) is 0 Å². The lowest BCUT2D eigenvalue weighted by molar-refractivity contribution is -0.234. The molecule has 0 aliphatic rings. The Labute approximate surface area is 132 Å². The lowest BCUT2D eigenvalue weighted by Crippen LogP contribution is -2.11. The third-order valence-electron chi connectivity index (χ3n) is 3.26. The quantitative estimate of drug-likeness (QED) is 0.274. The molecule has 0 bridgehead atoms. The first kappa shape index (κ1) is 18.0. The van der Waals surface area contributed by atoms with E-state index in [-0.39, 0.29) is 6.42 Å². The molecule has 0 saturated heterocycles. The van der Waals surface area contributed by atoms with Gasteiger partial charge in [-0.25, -0.2) is 19.4 Å². The highest BCUT2D eigenvalue weighted by Crippen LogP contribution is 2.09. The monoisotopic (exact) mass is 304 g/mol. The van der Waals surface area contributed by atoms with Gasteiger partial charge in [-0.2, -0.15) is 0 Å². The molecule has 0 aliphatic carbocycles. The third kappa shape index (κ3) is 8.25. The predicted molar refractivity (Wildman–Crippen MR) is 85.1 cm³/mol. The first-order valence-corrected chi connectivity index (χ1v) is 7.81. The van der Waals surface area contributed by atoms with E-state index < -0.39 is 11.9 Å². The van der Waals surface area contributed by atoms with Crippen molar-refractivity contribution in [3.05, 3.63) is 48.6 Å². The number of hydrogen-bond acceptors (Lipinski definition) is 4. The topological polar surface area (TPSA) is 52.6 Å². The molecule has 0 N–H and O–H groups in total. The summed E-state index contributed by atoms with van der Waals surface area (Å²) in [5.41, 5.74) is 0.356. The van der Waals surface area contributed by atoms with Crippen LogP contribution in [0.25, 0.3) is 0 Å². The molecule has 0 aromatic heterocycles. The lowest BCUT2D eigenvalue weighted by Gasteiger charge is -2.03. The summed E-state index contributed by atoms with van der Waals surface area (Å²) < 4.78 is 0. The summed E-state index contributed by atoms with van der Waals surface area (Å²) >= 11 is 0. The molecule has 4 heteroatoms. The standard InChI is InChI=1S/C18H24O4/c1-2-3-4-5-6-7-8-12-15-17(19)21-22-18(20)16-13-10-9-11-14-16/h2,9-11,13-14H,1,3-8,12,15H2. The Kier molecular flexibility index (Phi) is 9.42. The molecule has 0 fully saturated rings. The predicted octanol–water partition coefficient (Wildman–Crippen LogP) is 4.61. The second-order valence-electron chi connectivity index (χ2n) is 5.14. The molecule has 0 aliphatic heterocycles. The van der Waals surface area contributed by atoms with Crippen LogP contribution in [0, 0.1) is 0 Å². The molecule has 4 nitrogen and oxygen atoms in total. The van der Waals surface area contributed by atoms with Crippen molar-refractivity contribution < 1.29 is 19.4 Å². The van der Waals surface area contributed by atoms with E-state index in [1.807, 2.05) is 6.08 Å². The molecule has 0 unspecified atom stereocenters. The summed E-state index contributed by atoms with van der Waals surface area (Å²) in [5.74, 6) is -1.16. The maximum Gasteiger partial charge on any atom is 0.386 e. The van der Waals surface area contributed by atoms with Gasteiger partial charge >= 0.3 is 11.9 Å². The fraction of sp³-hybridized carbons (Fsp3) is 0.444. The second-order valence-corrected chi connectivity index (χ2v) is 5.14. The van der Waals surface area contributed by atoms with Crippen LogP contribution in [0.15, 0.2) is 43.0 Å². The molecule has 120 valence electrons. The molecule has 0 saturated carbocycles. The maximum atomic E-state index is 11.5. The first-order valence-electron chi connectivity index (χ1n) is 7.81. The Morgan fingerprint density at radius 3 is 2.23 bits per heavy atom. The molecule has 0 heterocycles. The molecule has 1 aromatic carbocycles. The van der Waals surface area contributed by atoms with Gasteiger partial charge in [0.1, 0.15) is 0 Å². The Morgan fingerprint density at radius 1 is 0.909 bits per heavy atom.